The lowest BCUT2D eigenvalue weighted by atomic mass is 9.72. The molecule has 0 amide bonds. The van der Waals surface area contributed by atoms with Crippen LogP contribution in [0.5, 0.6) is 0 Å². The summed E-state index contributed by atoms with van der Waals surface area (Å²) in [6, 6.07) is 0. The van der Waals surface area contributed by atoms with Gasteiger partial charge in [0.15, 0.2) is 0 Å². The zero-order valence-corrected chi connectivity index (χ0v) is 16.7. The van der Waals surface area contributed by atoms with Crippen LogP contribution in [0.1, 0.15) is 59.3 Å². The van der Waals surface area contributed by atoms with Crippen LogP contribution in [0.25, 0.3) is 0 Å². The first-order valence-corrected chi connectivity index (χ1v) is 10.2. The Hall–Kier alpha value is 0.370. The predicted molar refractivity (Wildman–Crippen MR) is 95.3 cm³/mol. The van der Waals surface area contributed by atoms with Crippen LogP contribution in [0.4, 0.5) is 13.2 Å². The third-order valence-corrected chi connectivity index (χ3v) is 6.52. The van der Waals surface area contributed by atoms with Gasteiger partial charge >= 0.3 is 5.51 Å². The largest absolute Gasteiger partial charge is 0.458 e. The second-order valence-corrected chi connectivity index (χ2v) is 8.87. The minimum atomic E-state index is -4.33. The van der Waals surface area contributed by atoms with Gasteiger partial charge in [-0.15, -0.1) is 4.47 Å². The molecule has 0 saturated heterocycles. The van der Waals surface area contributed by atoms with Crippen LogP contribution < -0.4 is 0 Å². The lowest BCUT2D eigenvalue weighted by Crippen LogP contribution is -2.36. The molecule has 1 aliphatic rings. The minimum absolute atomic E-state index is 0.112. The van der Waals surface area contributed by atoms with E-state index in [0.717, 1.165) is 35.6 Å². The molecular weight excluding hydrogens is 359 g/mol. The van der Waals surface area contributed by atoms with Crippen molar-refractivity contribution < 1.29 is 22.2 Å². The van der Waals surface area contributed by atoms with Crippen LogP contribution in [-0.2, 0) is 9.02 Å². The zero-order chi connectivity index (χ0) is 18.2. The Bertz CT molecular complexity index is 347. The van der Waals surface area contributed by atoms with Crippen LogP contribution >= 0.6 is 24.0 Å². The van der Waals surface area contributed by atoms with Gasteiger partial charge in [0.2, 0.25) is 0 Å². The molecule has 0 aromatic heterocycles. The van der Waals surface area contributed by atoms with Gasteiger partial charge in [-0.3, -0.25) is 4.84 Å². The van der Waals surface area contributed by atoms with Gasteiger partial charge in [-0.1, -0.05) is 33.6 Å². The maximum atomic E-state index is 12.2. The highest BCUT2D eigenvalue weighted by atomic mass is 32.2. The van der Waals surface area contributed by atoms with Crippen molar-refractivity contribution in [1.82, 2.24) is 4.47 Å². The van der Waals surface area contributed by atoms with Gasteiger partial charge < -0.3 is 4.18 Å². The normalized spacial score (nSPS) is 28.5. The van der Waals surface area contributed by atoms with Crippen LogP contribution in [0.3, 0.4) is 0 Å². The van der Waals surface area contributed by atoms with E-state index < -0.39 is 5.51 Å². The molecule has 0 heterocycles. The molecule has 144 valence electrons. The second kappa shape index (κ2) is 10.5. The van der Waals surface area contributed by atoms with Crippen LogP contribution in [0, 0.1) is 11.8 Å². The molecule has 1 rings (SSSR count). The summed E-state index contributed by atoms with van der Waals surface area (Å²) in [5.74, 6) is 1.48. The number of rotatable bonds is 10. The van der Waals surface area contributed by atoms with Gasteiger partial charge in [0, 0.05) is 11.8 Å². The van der Waals surface area contributed by atoms with E-state index >= 15 is 0 Å². The first kappa shape index (κ1) is 22.4. The molecule has 2 unspecified atom stereocenters. The van der Waals surface area contributed by atoms with Crippen molar-refractivity contribution in [3.8, 4) is 0 Å². The minimum Gasteiger partial charge on any atom is -0.312 e. The molecule has 24 heavy (non-hydrogen) atoms. The van der Waals surface area contributed by atoms with E-state index in [4.69, 9.17) is 9.02 Å². The molecule has 8 heteroatoms. The molecule has 3 nitrogen and oxygen atoms in total. The number of halogens is 3. The topological polar surface area (TPSA) is 21.7 Å². The van der Waals surface area contributed by atoms with Crippen molar-refractivity contribution in [2.24, 2.45) is 11.8 Å². The van der Waals surface area contributed by atoms with Crippen molar-refractivity contribution in [2.75, 3.05) is 20.3 Å². The Kier molecular flexibility index (Phi) is 9.81. The molecule has 0 aromatic carbocycles. The molecule has 1 fully saturated rings. The summed E-state index contributed by atoms with van der Waals surface area (Å²) in [6.07, 6.45) is 7.06. The highest BCUT2D eigenvalue weighted by Gasteiger charge is 2.39. The summed E-state index contributed by atoms with van der Waals surface area (Å²) in [6.45, 7) is 7.09. The lowest BCUT2D eigenvalue weighted by molar-refractivity contribution is -0.0872. The number of alkyl halides is 3. The van der Waals surface area contributed by atoms with Crippen LogP contribution in [0.15, 0.2) is 0 Å². The second-order valence-electron chi connectivity index (χ2n) is 6.44. The average molecular weight is 390 g/mol. The summed E-state index contributed by atoms with van der Waals surface area (Å²) in [7, 11) is 1.25. The number of hydroxylamine groups is 1. The van der Waals surface area contributed by atoms with Crippen LogP contribution in [0.2, 0.25) is 0 Å². The van der Waals surface area contributed by atoms with E-state index in [1.165, 1.54) is 38.4 Å². The highest BCUT2D eigenvalue weighted by Crippen LogP contribution is 2.48. The van der Waals surface area contributed by atoms with Gasteiger partial charge in [-0.05, 0) is 49.6 Å². The summed E-state index contributed by atoms with van der Waals surface area (Å²) >= 11 is 1.22. The monoisotopic (exact) mass is 389 g/mol. The van der Waals surface area contributed by atoms with E-state index in [-0.39, 0.29) is 29.9 Å². The van der Waals surface area contributed by atoms with E-state index in [2.05, 4.69) is 20.8 Å². The molecule has 0 radical (unpaired) electrons. The van der Waals surface area contributed by atoms with Gasteiger partial charge in [0.25, 0.3) is 0 Å². The van der Waals surface area contributed by atoms with Crippen molar-refractivity contribution in [1.29, 1.82) is 0 Å². The SMILES string of the molecule is CCC1CC(CC)CC(CC)(SOCCON(C)SC(F)(F)F)C1. The molecule has 0 N–H and O–H groups in total. The standard InChI is InChI=1S/C16H30F3NO2S2/c1-5-13-10-14(6-2)12-15(7-3,11-13)24-22-9-8-21-20(4)23-16(17,18)19/h13-14H,5-12H2,1-4H3. The Morgan fingerprint density at radius 3 is 2.12 bits per heavy atom. The summed E-state index contributed by atoms with van der Waals surface area (Å²) in [5.41, 5.74) is -4.33. The van der Waals surface area contributed by atoms with Crippen molar-refractivity contribution in [3.05, 3.63) is 0 Å². The Labute approximate surface area is 152 Å². The number of hydrogen-bond donors (Lipinski definition) is 0. The predicted octanol–water partition coefficient (Wildman–Crippen LogP) is 6.07. The van der Waals surface area contributed by atoms with Gasteiger partial charge in [0.05, 0.1) is 25.2 Å². The van der Waals surface area contributed by atoms with E-state index in [0.29, 0.717) is 0 Å². The third-order valence-electron chi connectivity index (χ3n) is 4.69. The van der Waals surface area contributed by atoms with Gasteiger partial charge in [-0.2, -0.15) is 13.2 Å². The smallest absolute Gasteiger partial charge is 0.312 e. The van der Waals surface area contributed by atoms with E-state index in [9.17, 15) is 13.2 Å². The summed E-state index contributed by atoms with van der Waals surface area (Å²) < 4.78 is 43.1. The Morgan fingerprint density at radius 2 is 1.67 bits per heavy atom. The fraction of sp³-hybridized carbons (Fsp3) is 1.00. The summed E-state index contributed by atoms with van der Waals surface area (Å²) in [5, 5.41) is 0. The molecule has 0 bridgehead atoms. The zero-order valence-electron chi connectivity index (χ0n) is 15.0. The summed E-state index contributed by atoms with van der Waals surface area (Å²) in [4.78, 5) is 5.00. The fourth-order valence-corrected chi connectivity index (χ4v) is 4.90. The lowest BCUT2D eigenvalue weighted by Gasteiger charge is -2.42. The average Bonchev–Trinajstić information content (AvgIpc) is 2.52. The van der Waals surface area contributed by atoms with Crippen molar-refractivity contribution in [2.45, 2.75) is 69.6 Å². The Morgan fingerprint density at radius 1 is 1.08 bits per heavy atom. The van der Waals surface area contributed by atoms with Gasteiger partial charge in [-0.25, -0.2) is 0 Å². The fourth-order valence-electron chi connectivity index (χ4n) is 3.35. The molecule has 0 aromatic rings. The van der Waals surface area contributed by atoms with E-state index in [1.807, 2.05) is 0 Å². The molecule has 1 saturated carbocycles. The maximum absolute atomic E-state index is 12.2. The van der Waals surface area contributed by atoms with Crippen LogP contribution in [-0.4, -0.2) is 35.0 Å². The molecule has 2 atom stereocenters. The molecule has 0 aliphatic heterocycles. The molecule has 1 aliphatic carbocycles. The third kappa shape index (κ3) is 8.17. The van der Waals surface area contributed by atoms with Crippen molar-refractivity contribution >= 4 is 24.0 Å². The molecule has 0 spiro atoms. The highest BCUT2D eigenvalue weighted by molar-refractivity contribution is 7.97. The van der Waals surface area contributed by atoms with Gasteiger partial charge in [0.1, 0.15) is 0 Å². The molecular formula is C16H30F3NO2S2. The maximum Gasteiger partial charge on any atom is 0.458 e. The quantitative estimate of drug-likeness (QED) is 0.195. The Balaban J connectivity index is 2.35. The first-order chi connectivity index (χ1) is 11.2. The first-order valence-electron chi connectivity index (χ1n) is 8.66. The number of hydrogen-bond acceptors (Lipinski definition) is 5. The van der Waals surface area contributed by atoms with Crippen molar-refractivity contribution in [3.63, 3.8) is 0 Å². The number of nitrogens with zero attached hydrogens (tertiary/aromatic N) is 1. The van der Waals surface area contributed by atoms with E-state index in [1.54, 1.807) is 0 Å².